The molecule has 6 nitrogen and oxygen atoms in total. The van der Waals surface area contributed by atoms with Gasteiger partial charge >= 0.3 is 0 Å². The molecular weight excluding hydrogens is 380 g/mol. The van der Waals surface area contributed by atoms with E-state index in [4.69, 9.17) is 9.47 Å². The molecule has 0 spiro atoms. The Morgan fingerprint density at radius 3 is 1.87 bits per heavy atom. The van der Waals surface area contributed by atoms with Crippen LogP contribution in [0.25, 0.3) is 10.8 Å². The van der Waals surface area contributed by atoms with Crippen molar-refractivity contribution in [2.75, 3.05) is 40.4 Å². The van der Waals surface area contributed by atoms with Crippen LogP contribution in [-0.4, -0.2) is 62.0 Å². The normalized spacial score (nSPS) is 13.9. The van der Waals surface area contributed by atoms with Crippen LogP contribution in [0.4, 0.5) is 0 Å². The first-order chi connectivity index (χ1) is 14.6. The summed E-state index contributed by atoms with van der Waals surface area (Å²) < 4.78 is 10.7. The maximum Gasteiger partial charge on any atom is 0.261 e. The Balaban J connectivity index is 1.50. The summed E-state index contributed by atoms with van der Waals surface area (Å²) in [5.74, 6) is 0.803. The van der Waals surface area contributed by atoms with Gasteiger partial charge in [0.1, 0.15) is 17.1 Å². The molecule has 1 saturated heterocycles. The summed E-state index contributed by atoms with van der Waals surface area (Å²) in [4.78, 5) is 29.8. The molecule has 6 heteroatoms. The van der Waals surface area contributed by atoms with Crippen molar-refractivity contribution in [2.24, 2.45) is 0 Å². The van der Waals surface area contributed by atoms with E-state index in [1.165, 1.54) is 14.2 Å². The first-order valence-electron chi connectivity index (χ1n) is 9.91. The monoisotopic (exact) mass is 404 g/mol. The lowest BCUT2D eigenvalue weighted by atomic mass is 10.0. The molecule has 0 atom stereocenters. The molecule has 0 radical (unpaired) electrons. The van der Waals surface area contributed by atoms with E-state index in [-0.39, 0.29) is 11.8 Å². The highest BCUT2D eigenvalue weighted by Gasteiger charge is 2.29. The van der Waals surface area contributed by atoms with Crippen LogP contribution < -0.4 is 9.47 Å². The SMILES string of the molecule is COc1cccc(OC)c1C(=O)N1CCN(C(=O)c2cccc3ccccc23)CC1. The minimum atomic E-state index is -0.151. The summed E-state index contributed by atoms with van der Waals surface area (Å²) in [7, 11) is 3.07. The van der Waals surface area contributed by atoms with E-state index >= 15 is 0 Å². The van der Waals surface area contributed by atoms with Gasteiger partial charge in [0, 0.05) is 31.7 Å². The van der Waals surface area contributed by atoms with Gasteiger partial charge in [-0.25, -0.2) is 0 Å². The molecule has 1 heterocycles. The Hall–Kier alpha value is -3.54. The van der Waals surface area contributed by atoms with Crippen molar-refractivity contribution < 1.29 is 19.1 Å². The van der Waals surface area contributed by atoms with E-state index in [2.05, 4.69) is 0 Å². The Labute approximate surface area is 175 Å². The van der Waals surface area contributed by atoms with Gasteiger partial charge in [0.05, 0.1) is 14.2 Å². The van der Waals surface area contributed by atoms with Crippen molar-refractivity contribution >= 4 is 22.6 Å². The number of hydrogen-bond donors (Lipinski definition) is 0. The number of rotatable bonds is 4. The van der Waals surface area contributed by atoms with Crippen LogP contribution in [-0.2, 0) is 0 Å². The Morgan fingerprint density at radius 1 is 0.700 bits per heavy atom. The highest BCUT2D eigenvalue weighted by atomic mass is 16.5. The maximum atomic E-state index is 13.1. The largest absolute Gasteiger partial charge is 0.496 e. The molecule has 1 fully saturated rings. The third-order valence-corrected chi connectivity index (χ3v) is 5.52. The van der Waals surface area contributed by atoms with Gasteiger partial charge < -0.3 is 19.3 Å². The second-order valence-electron chi connectivity index (χ2n) is 7.15. The number of piperazine rings is 1. The summed E-state index contributed by atoms with van der Waals surface area (Å²) in [5, 5.41) is 1.99. The van der Waals surface area contributed by atoms with Crippen LogP contribution >= 0.6 is 0 Å². The van der Waals surface area contributed by atoms with Gasteiger partial charge in [-0.15, -0.1) is 0 Å². The fraction of sp³-hybridized carbons (Fsp3) is 0.250. The standard InChI is InChI=1S/C24H24N2O4/c1-29-20-11-6-12-21(30-2)22(20)24(28)26-15-13-25(14-16-26)23(27)19-10-5-8-17-7-3-4-9-18(17)19/h3-12H,13-16H2,1-2H3. The van der Waals surface area contributed by atoms with Crippen molar-refractivity contribution in [1.29, 1.82) is 0 Å². The summed E-state index contributed by atoms with van der Waals surface area (Å²) in [5.41, 5.74) is 1.11. The van der Waals surface area contributed by atoms with Gasteiger partial charge in [0.25, 0.3) is 11.8 Å². The fourth-order valence-corrected chi connectivity index (χ4v) is 3.91. The predicted octanol–water partition coefficient (Wildman–Crippen LogP) is 3.46. The number of hydrogen-bond acceptors (Lipinski definition) is 4. The molecule has 1 aliphatic rings. The lowest BCUT2D eigenvalue weighted by molar-refractivity contribution is 0.0532. The summed E-state index contributed by atoms with van der Waals surface area (Å²) in [6.45, 7) is 1.86. The van der Waals surface area contributed by atoms with Crippen LogP contribution in [0.2, 0.25) is 0 Å². The van der Waals surface area contributed by atoms with Crippen LogP contribution in [0.5, 0.6) is 11.5 Å². The van der Waals surface area contributed by atoms with Crippen molar-refractivity contribution in [3.63, 3.8) is 0 Å². The molecule has 0 unspecified atom stereocenters. The Morgan fingerprint density at radius 2 is 1.23 bits per heavy atom. The molecule has 2 amide bonds. The van der Waals surface area contributed by atoms with E-state index in [0.29, 0.717) is 48.8 Å². The van der Waals surface area contributed by atoms with Gasteiger partial charge in [-0.05, 0) is 29.0 Å². The Bertz CT molecular complexity index is 1060. The van der Waals surface area contributed by atoms with E-state index in [1.54, 1.807) is 23.1 Å². The molecule has 30 heavy (non-hydrogen) atoms. The zero-order chi connectivity index (χ0) is 21.1. The number of nitrogens with zero attached hydrogens (tertiary/aromatic N) is 2. The van der Waals surface area contributed by atoms with E-state index in [9.17, 15) is 9.59 Å². The van der Waals surface area contributed by atoms with Gasteiger partial charge in [0.2, 0.25) is 0 Å². The first-order valence-corrected chi connectivity index (χ1v) is 9.91. The van der Waals surface area contributed by atoms with Gasteiger partial charge in [0.15, 0.2) is 0 Å². The minimum Gasteiger partial charge on any atom is -0.496 e. The van der Waals surface area contributed by atoms with Gasteiger partial charge in [-0.1, -0.05) is 42.5 Å². The third kappa shape index (κ3) is 3.56. The van der Waals surface area contributed by atoms with E-state index in [0.717, 1.165) is 10.8 Å². The summed E-state index contributed by atoms with van der Waals surface area (Å²) in [6, 6.07) is 18.9. The first kappa shape index (κ1) is 19.8. The Kier molecular flexibility index (Phi) is 5.57. The van der Waals surface area contributed by atoms with Crippen LogP contribution in [0, 0.1) is 0 Å². The third-order valence-electron chi connectivity index (χ3n) is 5.52. The van der Waals surface area contributed by atoms with Crippen LogP contribution in [0.1, 0.15) is 20.7 Å². The molecule has 0 aliphatic carbocycles. The number of benzene rings is 3. The molecule has 1 aliphatic heterocycles. The number of ether oxygens (including phenoxy) is 2. The summed E-state index contributed by atoms with van der Waals surface area (Å²) in [6.07, 6.45) is 0. The zero-order valence-electron chi connectivity index (χ0n) is 17.1. The molecule has 154 valence electrons. The fourth-order valence-electron chi connectivity index (χ4n) is 3.91. The molecule has 3 aromatic rings. The number of amides is 2. The number of carbonyl (C=O) groups excluding carboxylic acids is 2. The lowest BCUT2D eigenvalue weighted by Crippen LogP contribution is -2.50. The van der Waals surface area contributed by atoms with Crippen LogP contribution in [0.3, 0.4) is 0 Å². The molecule has 4 rings (SSSR count). The predicted molar refractivity (Wildman–Crippen MR) is 115 cm³/mol. The number of methoxy groups -OCH3 is 2. The topological polar surface area (TPSA) is 59.1 Å². The van der Waals surface area contributed by atoms with E-state index in [1.807, 2.05) is 47.4 Å². The molecule has 0 bridgehead atoms. The van der Waals surface area contributed by atoms with Gasteiger partial charge in [-0.2, -0.15) is 0 Å². The number of fused-ring (bicyclic) bond motifs is 1. The second-order valence-corrected chi connectivity index (χ2v) is 7.15. The molecule has 0 saturated carbocycles. The molecule has 0 aromatic heterocycles. The molecule has 3 aromatic carbocycles. The smallest absolute Gasteiger partial charge is 0.261 e. The van der Waals surface area contributed by atoms with Gasteiger partial charge in [-0.3, -0.25) is 9.59 Å². The van der Waals surface area contributed by atoms with Crippen molar-refractivity contribution in [2.45, 2.75) is 0 Å². The lowest BCUT2D eigenvalue weighted by Gasteiger charge is -2.35. The second kappa shape index (κ2) is 8.45. The van der Waals surface area contributed by atoms with Crippen molar-refractivity contribution in [3.8, 4) is 11.5 Å². The van der Waals surface area contributed by atoms with Crippen LogP contribution in [0.15, 0.2) is 60.7 Å². The quantitative estimate of drug-likeness (QED) is 0.668. The molecular formula is C24H24N2O4. The van der Waals surface area contributed by atoms with Crippen molar-refractivity contribution in [1.82, 2.24) is 9.80 Å². The number of carbonyl (C=O) groups is 2. The summed E-state index contributed by atoms with van der Waals surface area (Å²) >= 11 is 0. The zero-order valence-corrected chi connectivity index (χ0v) is 17.1. The maximum absolute atomic E-state index is 13.1. The average molecular weight is 404 g/mol. The minimum absolute atomic E-state index is 0.00577. The molecule has 0 N–H and O–H groups in total. The highest BCUT2D eigenvalue weighted by Crippen LogP contribution is 2.30. The average Bonchev–Trinajstić information content (AvgIpc) is 2.82. The highest BCUT2D eigenvalue weighted by molar-refractivity contribution is 6.07. The van der Waals surface area contributed by atoms with E-state index < -0.39 is 0 Å². The van der Waals surface area contributed by atoms with Crippen molar-refractivity contribution in [3.05, 3.63) is 71.8 Å².